The van der Waals surface area contributed by atoms with E-state index in [-0.39, 0.29) is 0 Å². The minimum atomic E-state index is 0.603. The van der Waals surface area contributed by atoms with Crippen molar-refractivity contribution in [3.8, 4) is 5.75 Å². The molecule has 17 heavy (non-hydrogen) atoms. The maximum absolute atomic E-state index is 5.75. The molecule has 2 N–H and O–H groups in total. The molecule has 0 aliphatic carbocycles. The average Bonchev–Trinajstić information content (AvgIpc) is 2.36. The summed E-state index contributed by atoms with van der Waals surface area (Å²) in [5.74, 6) is 1.61. The van der Waals surface area contributed by atoms with Crippen molar-refractivity contribution in [3.05, 3.63) is 29.3 Å². The van der Waals surface area contributed by atoms with Crippen LogP contribution in [0.3, 0.4) is 0 Å². The van der Waals surface area contributed by atoms with E-state index in [1.165, 1.54) is 11.1 Å². The van der Waals surface area contributed by atoms with E-state index in [1.54, 1.807) is 0 Å². The van der Waals surface area contributed by atoms with Gasteiger partial charge in [-0.1, -0.05) is 32.9 Å². The van der Waals surface area contributed by atoms with Crippen LogP contribution in [0.5, 0.6) is 5.75 Å². The average molecular weight is 235 g/mol. The Labute approximate surface area is 105 Å². The minimum Gasteiger partial charge on any atom is -0.493 e. The summed E-state index contributed by atoms with van der Waals surface area (Å²) in [6, 6.07) is 6.54. The SMILES string of the molecule is CCCOc1ccc(C(C)CC)cc1CCN. The second-order valence-corrected chi connectivity index (χ2v) is 4.56. The summed E-state index contributed by atoms with van der Waals surface area (Å²) in [4.78, 5) is 0. The first-order chi connectivity index (χ1) is 8.22. The maximum Gasteiger partial charge on any atom is 0.122 e. The Balaban J connectivity index is 2.90. The van der Waals surface area contributed by atoms with Crippen molar-refractivity contribution in [3.63, 3.8) is 0 Å². The lowest BCUT2D eigenvalue weighted by atomic mass is 9.95. The van der Waals surface area contributed by atoms with E-state index in [9.17, 15) is 0 Å². The molecule has 96 valence electrons. The Hall–Kier alpha value is -1.02. The van der Waals surface area contributed by atoms with Crippen LogP contribution in [0.4, 0.5) is 0 Å². The summed E-state index contributed by atoms with van der Waals surface area (Å²) in [6.45, 7) is 8.05. The Bertz CT molecular complexity index is 336. The molecule has 1 unspecified atom stereocenters. The molecule has 0 bridgehead atoms. The van der Waals surface area contributed by atoms with Crippen LogP contribution in [0.1, 0.15) is 50.7 Å². The predicted octanol–water partition coefficient (Wildman–Crippen LogP) is 3.49. The van der Waals surface area contributed by atoms with Crippen molar-refractivity contribution in [2.24, 2.45) is 5.73 Å². The molecule has 2 heteroatoms. The Morgan fingerprint density at radius 2 is 2.06 bits per heavy atom. The standard InChI is InChI=1S/C15H25NO/c1-4-10-17-15-7-6-13(12(3)5-2)11-14(15)8-9-16/h6-7,11-12H,4-5,8-10,16H2,1-3H3. The molecule has 0 aliphatic heterocycles. The summed E-state index contributed by atoms with van der Waals surface area (Å²) in [7, 11) is 0. The molecule has 1 rings (SSSR count). The van der Waals surface area contributed by atoms with Crippen molar-refractivity contribution in [1.82, 2.24) is 0 Å². The molecule has 0 fully saturated rings. The second kappa shape index (κ2) is 7.33. The van der Waals surface area contributed by atoms with Gasteiger partial charge < -0.3 is 10.5 Å². The van der Waals surface area contributed by atoms with E-state index in [1.807, 2.05) is 0 Å². The summed E-state index contributed by atoms with van der Waals surface area (Å²) in [5.41, 5.74) is 8.30. The highest BCUT2D eigenvalue weighted by Crippen LogP contribution is 2.26. The number of rotatable bonds is 7. The van der Waals surface area contributed by atoms with Gasteiger partial charge in [-0.15, -0.1) is 0 Å². The van der Waals surface area contributed by atoms with Gasteiger partial charge >= 0.3 is 0 Å². The third kappa shape index (κ3) is 4.04. The third-order valence-electron chi connectivity index (χ3n) is 3.14. The van der Waals surface area contributed by atoms with E-state index < -0.39 is 0 Å². The summed E-state index contributed by atoms with van der Waals surface area (Å²) in [5, 5.41) is 0. The largest absolute Gasteiger partial charge is 0.493 e. The molecule has 0 aromatic heterocycles. The predicted molar refractivity (Wildman–Crippen MR) is 73.7 cm³/mol. The first kappa shape index (κ1) is 14.0. The van der Waals surface area contributed by atoms with Crippen LogP contribution in [0, 0.1) is 0 Å². The van der Waals surface area contributed by atoms with Gasteiger partial charge in [0.2, 0.25) is 0 Å². The van der Waals surface area contributed by atoms with Crippen LogP contribution in [-0.4, -0.2) is 13.2 Å². The molecule has 0 saturated heterocycles. The van der Waals surface area contributed by atoms with Crippen molar-refractivity contribution >= 4 is 0 Å². The van der Waals surface area contributed by atoms with Gasteiger partial charge in [0.1, 0.15) is 5.75 Å². The number of ether oxygens (including phenoxy) is 1. The number of hydrogen-bond acceptors (Lipinski definition) is 2. The molecule has 0 radical (unpaired) electrons. The quantitative estimate of drug-likeness (QED) is 0.785. The fourth-order valence-electron chi connectivity index (χ4n) is 1.85. The van der Waals surface area contributed by atoms with E-state index in [4.69, 9.17) is 10.5 Å². The van der Waals surface area contributed by atoms with Crippen LogP contribution in [-0.2, 0) is 6.42 Å². The van der Waals surface area contributed by atoms with Crippen LogP contribution < -0.4 is 10.5 Å². The Morgan fingerprint density at radius 1 is 1.29 bits per heavy atom. The van der Waals surface area contributed by atoms with E-state index in [2.05, 4.69) is 39.0 Å². The number of nitrogens with two attached hydrogens (primary N) is 1. The van der Waals surface area contributed by atoms with Gasteiger partial charge in [-0.2, -0.15) is 0 Å². The smallest absolute Gasteiger partial charge is 0.122 e. The molecule has 0 saturated carbocycles. The van der Waals surface area contributed by atoms with Crippen LogP contribution in [0.25, 0.3) is 0 Å². The number of hydrogen-bond donors (Lipinski definition) is 1. The first-order valence-corrected chi connectivity index (χ1v) is 6.68. The second-order valence-electron chi connectivity index (χ2n) is 4.56. The lowest BCUT2D eigenvalue weighted by Crippen LogP contribution is -2.07. The molecule has 2 nitrogen and oxygen atoms in total. The molecule has 1 aromatic carbocycles. The van der Waals surface area contributed by atoms with E-state index in [0.29, 0.717) is 12.5 Å². The Morgan fingerprint density at radius 3 is 2.65 bits per heavy atom. The minimum absolute atomic E-state index is 0.603. The highest BCUT2D eigenvalue weighted by molar-refractivity contribution is 5.38. The fraction of sp³-hybridized carbons (Fsp3) is 0.600. The molecular formula is C15H25NO. The molecule has 1 aromatic rings. The van der Waals surface area contributed by atoms with Gasteiger partial charge in [0.15, 0.2) is 0 Å². The molecule has 0 amide bonds. The molecule has 0 spiro atoms. The molecule has 1 atom stereocenters. The maximum atomic E-state index is 5.75. The van der Waals surface area contributed by atoms with Crippen LogP contribution >= 0.6 is 0 Å². The van der Waals surface area contributed by atoms with Crippen LogP contribution in [0.2, 0.25) is 0 Å². The molecular weight excluding hydrogens is 210 g/mol. The van der Waals surface area contributed by atoms with Gasteiger partial charge in [-0.3, -0.25) is 0 Å². The van der Waals surface area contributed by atoms with Crippen molar-refractivity contribution in [2.75, 3.05) is 13.2 Å². The van der Waals surface area contributed by atoms with E-state index >= 15 is 0 Å². The van der Waals surface area contributed by atoms with Crippen LogP contribution in [0.15, 0.2) is 18.2 Å². The first-order valence-electron chi connectivity index (χ1n) is 6.68. The zero-order valence-corrected chi connectivity index (χ0v) is 11.3. The van der Waals surface area contributed by atoms with E-state index in [0.717, 1.165) is 31.6 Å². The third-order valence-corrected chi connectivity index (χ3v) is 3.14. The van der Waals surface area contributed by atoms with Gasteiger partial charge in [0.25, 0.3) is 0 Å². The lowest BCUT2D eigenvalue weighted by molar-refractivity contribution is 0.314. The molecule has 0 aliphatic rings. The topological polar surface area (TPSA) is 35.2 Å². The van der Waals surface area contributed by atoms with Gasteiger partial charge in [-0.05, 0) is 48.9 Å². The highest BCUT2D eigenvalue weighted by atomic mass is 16.5. The molecule has 0 heterocycles. The van der Waals surface area contributed by atoms with Gasteiger partial charge in [0.05, 0.1) is 6.61 Å². The lowest BCUT2D eigenvalue weighted by Gasteiger charge is -2.15. The van der Waals surface area contributed by atoms with Gasteiger partial charge in [-0.25, -0.2) is 0 Å². The van der Waals surface area contributed by atoms with Gasteiger partial charge in [0, 0.05) is 0 Å². The summed E-state index contributed by atoms with van der Waals surface area (Å²) < 4.78 is 5.75. The Kier molecular flexibility index (Phi) is 6.06. The number of benzene rings is 1. The normalized spacial score (nSPS) is 12.5. The monoisotopic (exact) mass is 235 g/mol. The summed E-state index contributed by atoms with van der Waals surface area (Å²) >= 11 is 0. The summed E-state index contributed by atoms with van der Waals surface area (Å²) in [6.07, 6.45) is 3.09. The van der Waals surface area contributed by atoms with Crippen molar-refractivity contribution in [2.45, 2.75) is 46.0 Å². The van der Waals surface area contributed by atoms with Crippen molar-refractivity contribution in [1.29, 1.82) is 0 Å². The zero-order chi connectivity index (χ0) is 12.7. The van der Waals surface area contributed by atoms with Crippen molar-refractivity contribution < 1.29 is 4.74 Å². The highest BCUT2D eigenvalue weighted by Gasteiger charge is 2.08. The zero-order valence-electron chi connectivity index (χ0n) is 11.3. The fourth-order valence-corrected chi connectivity index (χ4v) is 1.85.